The van der Waals surface area contributed by atoms with E-state index in [2.05, 4.69) is 41.9 Å². The lowest BCUT2D eigenvalue weighted by Gasteiger charge is -2.19. The molecule has 0 radical (unpaired) electrons. The van der Waals surface area contributed by atoms with Crippen molar-refractivity contribution in [3.63, 3.8) is 0 Å². The summed E-state index contributed by atoms with van der Waals surface area (Å²) in [7, 11) is 0. The van der Waals surface area contributed by atoms with E-state index < -0.39 is 12.2 Å². The fraction of sp³-hybridized carbons (Fsp3) is 0.333. The minimum absolute atomic E-state index is 0. The molecule has 1 aliphatic rings. The predicted octanol–water partition coefficient (Wildman–Crippen LogP) is 2.47. The fourth-order valence-corrected chi connectivity index (χ4v) is 4.85. The highest BCUT2D eigenvalue weighted by molar-refractivity contribution is 9.10. The van der Waals surface area contributed by atoms with Crippen LogP contribution < -0.4 is 11.2 Å². The van der Waals surface area contributed by atoms with Gasteiger partial charge in [-0.3, -0.25) is 5.41 Å². The number of fused-ring (bicyclic) bond motifs is 2. The highest BCUT2D eigenvalue weighted by Crippen LogP contribution is 2.38. The topological polar surface area (TPSA) is 150 Å². The van der Waals surface area contributed by atoms with E-state index in [-0.39, 0.29) is 29.9 Å². The number of benzene rings is 1. The Bertz CT molecular complexity index is 1340. The summed E-state index contributed by atoms with van der Waals surface area (Å²) >= 11 is 3.40. The van der Waals surface area contributed by atoms with Gasteiger partial charge in [0.15, 0.2) is 11.1 Å². The van der Waals surface area contributed by atoms with Crippen LogP contribution >= 0.6 is 28.3 Å². The van der Waals surface area contributed by atoms with Gasteiger partial charge in [0, 0.05) is 5.39 Å². The van der Waals surface area contributed by atoms with E-state index in [0.717, 1.165) is 33.8 Å². The monoisotopic (exact) mass is 519 g/mol. The third kappa shape index (κ3) is 3.88. The molecule has 4 aromatic rings. The fourth-order valence-electron chi connectivity index (χ4n) is 4.51. The Morgan fingerprint density at radius 3 is 2.84 bits per heavy atom. The number of imidazole rings is 1. The largest absolute Gasteiger partial charge is 0.390 e. The predicted molar refractivity (Wildman–Crippen MR) is 126 cm³/mol. The van der Waals surface area contributed by atoms with Crippen molar-refractivity contribution in [3.05, 3.63) is 52.4 Å². The van der Waals surface area contributed by atoms with Crippen molar-refractivity contribution in [2.45, 2.75) is 37.5 Å². The number of aliphatic hydroxyl groups is 2. The van der Waals surface area contributed by atoms with Crippen LogP contribution in [0.4, 0.5) is 5.82 Å². The van der Waals surface area contributed by atoms with Gasteiger partial charge in [-0.25, -0.2) is 15.0 Å². The average Bonchev–Trinajstić information content (AvgIpc) is 3.35. The van der Waals surface area contributed by atoms with Gasteiger partial charge in [0.05, 0.1) is 34.8 Å². The summed E-state index contributed by atoms with van der Waals surface area (Å²) in [5.41, 5.74) is 9.02. The van der Waals surface area contributed by atoms with Crippen molar-refractivity contribution in [3.8, 4) is 0 Å². The van der Waals surface area contributed by atoms with Crippen LogP contribution in [0.15, 0.2) is 41.4 Å². The van der Waals surface area contributed by atoms with Crippen LogP contribution in [-0.2, 0) is 6.42 Å². The van der Waals surface area contributed by atoms with E-state index in [9.17, 15) is 10.2 Å². The van der Waals surface area contributed by atoms with Crippen LogP contribution in [0.25, 0.3) is 22.1 Å². The lowest BCUT2D eigenvalue weighted by molar-refractivity contribution is 0.00526. The molecule has 1 aromatic carbocycles. The van der Waals surface area contributed by atoms with Crippen LogP contribution in [0.5, 0.6) is 0 Å². The molecule has 5 rings (SSSR count). The number of nitrogens with one attached hydrogen (secondary N) is 2. The Hall–Kier alpha value is -2.53. The maximum Gasteiger partial charge on any atom is 0.173 e. The Kier molecular flexibility index (Phi) is 6.22. The number of halogens is 2. The van der Waals surface area contributed by atoms with E-state index in [1.165, 1.54) is 12.7 Å². The number of aryl methyl sites for hydroxylation is 1. The molecule has 0 bridgehead atoms. The van der Waals surface area contributed by atoms with Crippen molar-refractivity contribution in [2.75, 3.05) is 5.73 Å². The molecule has 0 spiro atoms. The molecule has 168 valence electrons. The van der Waals surface area contributed by atoms with Gasteiger partial charge in [0.2, 0.25) is 0 Å². The van der Waals surface area contributed by atoms with Gasteiger partial charge in [0.1, 0.15) is 17.4 Å². The molecule has 3 heterocycles. The maximum atomic E-state index is 10.7. The van der Waals surface area contributed by atoms with Crippen molar-refractivity contribution in [1.29, 1.82) is 5.41 Å². The average molecular weight is 521 g/mol. The number of pyridine rings is 1. The van der Waals surface area contributed by atoms with E-state index in [1.807, 2.05) is 18.2 Å². The van der Waals surface area contributed by atoms with Gasteiger partial charge >= 0.3 is 0 Å². The number of hydrogen-bond acceptors (Lipinski definition) is 7. The molecule has 4 atom stereocenters. The van der Waals surface area contributed by atoms with E-state index in [4.69, 9.17) is 11.1 Å². The zero-order chi connectivity index (χ0) is 21.7. The number of rotatable bonds is 4. The normalized spacial score (nSPS) is 23.0. The number of H-pyrrole nitrogens is 1. The highest BCUT2D eigenvalue weighted by atomic mass is 79.9. The summed E-state index contributed by atoms with van der Waals surface area (Å²) in [6.45, 7) is 0. The number of aromatic amines is 1. The molecule has 1 fully saturated rings. The zero-order valence-electron chi connectivity index (χ0n) is 16.9. The molecule has 9 nitrogen and oxygen atoms in total. The quantitative estimate of drug-likeness (QED) is 0.279. The lowest BCUT2D eigenvalue weighted by atomic mass is 9.95. The maximum absolute atomic E-state index is 10.7. The molecule has 11 heteroatoms. The highest BCUT2D eigenvalue weighted by Gasteiger charge is 2.42. The molecule has 0 saturated heterocycles. The number of nitrogens with two attached hydrogens (primary N) is 1. The lowest BCUT2D eigenvalue weighted by Crippen LogP contribution is -2.30. The minimum atomic E-state index is -0.927. The van der Waals surface area contributed by atoms with Crippen molar-refractivity contribution < 1.29 is 10.2 Å². The Balaban J connectivity index is 0.00000245. The molecular formula is C21H23BrClN7O2. The van der Waals surface area contributed by atoms with Crippen molar-refractivity contribution >= 4 is 56.2 Å². The minimum Gasteiger partial charge on any atom is -0.390 e. The van der Waals surface area contributed by atoms with E-state index in [1.54, 1.807) is 4.57 Å². The van der Waals surface area contributed by atoms with Gasteiger partial charge in [-0.2, -0.15) is 0 Å². The summed E-state index contributed by atoms with van der Waals surface area (Å²) in [4.78, 5) is 15.7. The second-order valence-corrected chi connectivity index (χ2v) is 8.92. The van der Waals surface area contributed by atoms with Crippen LogP contribution in [0.2, 0.25) is 0 Å². The first-order chi connectivity index (χ1) is 14.9. The first kappa shape index (κ1) is 22.7. The number of anilines is 1. The van der Waals surface area contributed by atoms with Crippen LogP contribution in [-0.4, -0.2) is 46.9 Å². The molecule has 32 heavy (non-hydrogen) atoms. The first-order valence-electron chi connectivity index (χ1n) is 10.1. The van der Waals surface area contributed by atoms with E-state index >= 15 is 0 Å². The third-order valence-corrected chi connectivity index (χ3v) is 6.84. The van der Waals surface area contributed by atoms with E-state index in [0.29, 0.717) is 23.4 Å². The number of aromatic nitrogens is 5. The second kappa shape index (κ2) is 8.78. The third-order valence-electron chi connectivity index (χ3n) is 6.21. The number of aliphatic hydroxyl groups excluding tert-OH is 2. The number of nitrogens with zero attached hydrogens (tertiary/aromatic N) is 4. The Morgan fingerprint density at radius 1 is 1.22 bits per heavy atom. The van der Waals surface area contributed by atoms with Gasteiger partial charge in [-0.15, -0.1) is 12.4 Å². The number of nitrogen functional groups attached to an aromatic ring is 1. The Morgan fingerprint density at radius 2 is 2.03 bits per heavy atom. The van der Waals surface area contributed by atoms with Crippen molar-refractivity contribution in [1.82, 2.24) is 24.5 Å². The molecule has 6 N–H and O–H groups in total. The molecule has 0 aliphatic heterocycles. The number of hydrogen-bond donors (Lipinski definition) is 5. The molecule has 3 aromatic heterocycles. The molecular weight excluding hydrogens is 498 g/mol. The van der Waals surface area contributed by atoms with Gasteiger partial charge in [-0.1, -0.05) is 12.1 Å². The summed E-state index contributed by atoms with van der Waals surface area (Å²) in [6, 6.07) is 7.69. The van der Waals surface area contributed by atoms with Gasteiger partial charge < -0.3 is 25.5 Å². The van der Waals surface area contributed by atoms with Gasteiger partial charge in [0.25, 0.3) is 0 Å². The molecule has 0 unspecified atom stereocenters. The molecule has 1 aliphatic carbocycles. The standard InChI is InChI=1S/C21H22BrN7O2.ClH/c22-13-6-11-3-1-10(5-14(11)28-19(13)23)2-4-12-7-15(18(31)17(12)30)29-9-27-20(24)16-21(29)26-8-25-16;/h1,3,5-6,8-9,12,15,17-18,24,30-31H,2,4,7H2,(H2,23,28)(H,25,26);1H/t12-,15+,17+,18-;/m0./s1. The van der Waals surface area contributed by atoms with Gasteiger partial charge in [-0.05, 0) is 58.8 Å². The zero-order valence-corrected chi connectivity index (χ0v) is 19.3. The first-order valence-corrected chi connectivity index (χ1v) is 10.9. The van der Waals surface area contributed by atoms with Crippen LogP contribution in [0.1, 0.15) is 24.4 Å². The summed E-state index contributed by atoms with van der Waals surface area (Å²) in [6.07, 6.45) is 3.33. The van der Waals surface area contributed by atoms with Crippen LogP contribution in [0, 0.1) is 11.3 Å². The Labute approximate surface area is 197 Å². The summed E-state index contributed by atoms with van der Waals surface area (Å²) in [5, 5.41) is 30.3. The summed E-state index contributed by atoms with van der Waals surface area (Å²) < 4.78 is 2.54. The van der Waals surface area contributed by atoms with Crippen molar-refractivity contribution in [2.24, 2.45) is 5.92 Å². The second-order valence-electron chi connectivity index (χ2n) is 8.07. The van der Waals surface area contributed by atoms with Crippen LogP contribution in [0.3, 0.4) is 0 Å². The smallest absolute Gasteiger partial charge is 0.173 e. The SMILES string of the molecule is Cl.N=c1ncn([C@@H]2C[C@H](CCc3ccc4cc(Br)c(N)nc4c3)[C@@H](O)[C@H]2O)c2nc[nH]c12. The summed E-state index contributed by atoms with van der Waals surface area (Å²) in [5.74, 6) is 0.381. The molecule has 1 saturated carbocycles. The molecule has 0 amide bonds.